The molecule has 2 heterocycles. The van der Waals surface area contributed by atoms with Gasteiger partial charge >= 0.3 is 0 Å². The molecular formula is C60H55N3. The van der Waals surface area contributed by atoms with Crippen LogP contribution in [-0.2, 0) is 6.42 Å². The monoisotopic (exact) mass is 817 g/mol. The predicted octanol–water partition coefficient (Wildman–Crippen LogP) is 15.8. The van der Waals surface area contributed by atoms with Crippen LogP contribution in [0, 0.1) is 6.92 Å². The number of aryl methyl sites for hydroxylation is 1. The number of aromatic nitrogens is 2. The second kappa shape index (κ2) is 20.6. The van der Waals surface area contributed by atoms with Gasteiger partial charge in [-0.05, 0) is 132 Å². The summed E-state index contributed by atoms with van der Waals surface area (Å²) in [6.45, 7) is 20.4. The Balaban J connectivity index is 0.000000915. The summed E-state index contributed by atoms with van der Waals surface area (Å²) in [7, 11) is 1.91. The normalized spacial score (nSPS) is 12.0. The first-order chi connectivity index (χ1) is 30.9. The fraction of sp³-hybridized carbons (Fsp3) is 0.0667. The molecule has 8 rings (SSSR count). The summed E-state index contributed by atoms with van der Waals surface area (Å²) in [5.74, 6) is 0. The Morgan fingerprint density at radius 2 is 1.30 bits per heavy atom. The summed E-state index contributed by atoms with van der Waals surface area (Å²) in [6, 6.07) is 50.0. The van der Waals surface area contributed by atoms with E-state index in [9.17, 15) is 0 Å². The highest BCUT2D eigenvalue weighted by molar-refractivity contribution is 6.10. The van der Waals surface area contributed by atoms with Crippen molar-refractivity contribution in [2.24, 2.45) is 0 Å². The second-order valence-corrected chi connectivity index (χ2v) is 15.2. The van der Waals surface area contributed by atoms with Gasteiger partial charge < -0.3 is 14.5 Å². The van der Waals surface area contributed by atoms with Gasteiger partial charge in [-0.2, -0.15) is 0 Å². The standard InChI is InChI=1S/C54H49N3.C6H6/c1-8-13-20-40(11-4)41-24-28-45(29-25-41)56-52-23-17-16-22-48(52)50-36-42(27-31-53(50)56)43-26-30-49-47(21-15-14-18-32-55-7)51(12-5)57(54(49)37-43)46-34-38(6)33-44(35-46)39(10-3)19-9-2;1-2-4-6-5-3-1/h8-20,22-37,55H,1-3,5,21H2,4,6-7H3;1-6H/b15-14-,20-13-,32-18-,39-19+,40-11+;. The van der Waals surface area contributed by atoms with Gasteiger partial charge in [-0.25, -0.2) is 0 Å². The molecule has 0 saturated carbocycles. The summed E-state index contributed by atoms with van der Waals surface area (Å²) in [6.07, 6.45) is 24.7. The number of hydrogen-bond donors (Lipinski definition) is 1. The van der Waals surface area contributed by atoms with Gasteiger partial charge in [0.25, 0.3) is 0 Å². The molecule has 0 bridgehead atoms. The molecule has 3 heteroatoms. The van der Waals surface area contributed by atoms with Crippen LogP contribution in [0.5, 0.6) is 0 Å². The first-order valence-corrected chi connectivity index (χ1v) is 21.4. The maximum Gasteiger partial charge on any atom is 0.0543 e. The zero-order chi connectivity index (χ0) is 44.1. The lowest BCUT2D eigenvalue weighted by Gasteiger charge is -2.14. The maximum atomic E-state index is 4.34. The molecule has 0 unspecified atom stereocenters. The zero-order valence-electron chi connectivity index (χ0n) is 36.6. The summed E-state index contributed by atoms with van der Waals surface area (Å²) in [5, 5.41) is 6.70. The third-order valence-electron chi connectivity index (χ3n) is 11.2. The predicted molar refractivity (Wildman–Crippen MR) is 277 cm³/mol. The number of allylic oxidation sites excluding steroid dienone is 12. The van der Waals surface area contributed by atoms with Crippen LogP contribution in [0.15, 0.2) is 233 Å². The SMILES string of the molecule is C=C/C=C\C(=C/C)c1ccc(-n2c3ccccc3c3cc(-c4ccc5c(C/C=C\C=C/NC)c(C=C)n(-c6cc(C)cc(/C(C=C)=C/C=C)c6)c5c4)ccc32)cc1.c1ccccc1. The number of rotatable bonds is 14. The average Bonchev–Trinajstić information content (AvgIpc) is 3.83. The summed E-state index contributed by atoms with van der Waals surface area (Å²) in [5.41, 5.74) is 15.9. The molecule has 0 atom stereocenters. The molecule has 3 nitrogen and oxygen atoms in total. The summed E-state index contributed by atoms with van der Waals surface area (Å²) in [4.78, 5) is 0. The first kappa shape index (κ1) is 43.2. The Morgan fingerprint density at radius 1 is 0.587 bits per heavy atom. The second-order valence-electron chi connectivity index (χ2n) is 15.2. The van der Waals surface area contributed by atoms with Crippen molar-refractivity contribution in [3.63, 3.8) is 0 Å². The molecule has 0 amide bonds. The Hall–Kier alpha value is -7.88. The fourth-order valence-corrected chi connectivity index (χ4v) is 8.29. The largest absolute Gasteiger partial charge is 0.394 e. The molecule has 0 spiro atoms. The summed E-state index contributed by atoms with van der Waals surface area (Å²) < 4.78 is 4.74. The first-order valence-electron chi connectivity index (χ1n) is 21.4. The lowest BCUT2D eigenvalue weighted by Crippen LogP contribution is -2.00. The van der Waals surface area contributed by atoms with Gasteiger partial charge in [0, 0.05) is 40.3 Å². The van der Waals surface area contributed by atoms with Crippen molar-refractivity contribution in [2.45, 2.75) is 20.3 Å². The molecule has 2 aromatic heterocycles. The molecule has 0 radical (unpaired) electrons. The van der Waals surface area contributed by atoms with Crippen molar-refractivity contribution in [3.8, 4) is 22.5 Å². The van der Waals surface area contributed by atoms with Crippen molar-refractivity contribution in [1.29, 1.82) is 0 Å². The minimum atomic E-state index is 0.763. The summed E-state index contributed by atoms with van der Waals surface area (Å²) >= 11 is 0. The molecule has 0 saturated heterocycles. The molecular weight excluding hydrogens is 763 g/mol. The average molecular weight is 818 g/mol. The van der Waals surface area contributed by atoms with E-state index in [1.807, 2.05) is 92.2 Å². The maximum absolute atomic E-state index is 4.34. The number of nitrogens with zero attached hydrogens (tertiary/aromatic N) is 2. The Morgan fingerprint density at radius 3 is 1.98 bits per heavy atom. The van der Waals surface area contributed by atoms with Crippen LogP contribution in [0.3, 0.4) is 0 Å². The molecule has 0 aliphatic heterocycles. The molecule has 6 aromatic carbocycles. The van der Waals surface area contributed by atoms with Crippen LogP contribution in [0.4, 0.5) is 0 Å². The van der Waals surface area contributed by atoms with Crippen molar-refractivity contribution >= 4 is 49.9 Å². The quantitative estimate of drug-likeness (QED) is 0.109. The molecule has 1 N–H and O–H groups in total. The van der Waals surface area contributed by atoms with E-state index in [-0.39, 0.29) is 0 Å². The van der Waals surface area contributed by atoms with Crippen LogP contribution >= 0.6 is 0 Å². The Kier molecular flexibility index (Phi) is 14.1. The third kappa shape index (κ3) is 9.39. The van der Waals surface area contributed by atoms with E-state index >= 15 is 0 Å². The Bertz CT molecular complexity index is 3050. The van der Waals surface area contributed by atoms with E-state index in [1.165, 1.54) is 38.3 Å². The van der Waals surface area contributed by atoms with Crippen molar-refractivity contribution in [2.75, 3.05) is 7.05 Å². The minimum Gasteiger partial charge on any atom is -0.394 e. The van der Waals surface area contributed by atoms with Gasteiger partial charge in [0.2, 0.25) is 0 Å². The number of para-hydroxylation sites is 1. The lowest BCUT2D eigenvalue weighted by molar-refractivity contribution is 1.08. The number of hydrogen-bond acceptors (Lipinski definition) is 1. The van der Waals surface area contributed by atoms with E-state index in [0.717, 1.165) is 62.4 Å². The van der Waals surface area contributed by atoms with Crippen LogP contribution in [0.1, 0.15) is 34.9 Å². The molecule has 0 aliphatic carbocycles. The third-order valence-corrected chi connectivity index (χ3v) is 11.2. The topological polar surface area (TPSA) is 21.9 Å². The van der Waals surface area contributed by atoms with Crippen LogP contribution in [-0.4, -0.2) is 16.2 Å². The van der Waals surface area contributed by atoms with Gasteiger partial charge in [0.15, 0.2) is 0 Å². The van der Waals surface area contributed by atoms with Gasteiger partial charge in [0.1, 0.15) is 0 Å². The lowest BCUT2D eigenvalue weighted by atomic mass is 10.00. The van der Waals surface area contributed by atoms with E-state index < -0.39 is 0 Å². The van der Waals surface area contributed by atoms with Crippen molar-refractivity contribution in [3.05, 3.63) is 261 Å². The highest BCUT2D eigenvalue weighted by Gasteiger charge is 2.19. The van der Waals surface area contributed by atoms with Crippen molar-refractivity contribution < 1.29 is 0 Å². The molecule has 0 fully saturated rings. The molecule has 310 valence electrons. The van der Waals surface area contributed by atoms with Crippen LogP contribution in [0.2, 0.25) is 0 Å². The van der Waals surface area contributed by atoms with E-state index in [0.29, 0.717) is 0 Å². The molecule has 0 aliphatic rings. The molecule has 63 heavy (non-hydrogen) atoms. The highest BCUT2D eigenvalue weighted by atomic mass is 15.0. The van der Waals surface area contributed by atoms with Crippen molar-refractivity contribution in [1.82, 2.24) is 14.5 Å². The smallest absolute Gasteiger partial charge is 0.0543 e. The van der Waals surface area contributed by atoms with Gasteiger partial charge in [-0.1, -0.05) is 172 Å². The molecule has 8 aromatic rings. The van der Waals surface area contributed by atoms with Crippen LogP contribution in [0.25, 0.3) is 72.4 Å². The van der Waals surface area contributed by atoms with Gasteiger partial charge in [-0.15, -0.1) is 0 Å². The number of fused-ring (bicyclic) bond motifs is 4. The Labute approximate surface area is 373 Å². The minimum absolute atomic E-state index is 0.763. The number of benzene rings is 6. The zero-order valence-corrected chi connectivity index (χ0v) is 36.6. The van der Waals surface area contributed by atoms with Gasteiger partial charge in [0.05, 0.1) is 16.6 Å². The highest BCUT2D eigenvalue weighted by Crippen LogP contribution is 2.39. The van der Waals surface area contributed by atoms with E-state index in [2.05, 4.69) is 182 Å². The van der Waals surface area contributed by atoms with E-state index in [4.69, 9.17) is 0 Å². The fourth-order valence-electron chi connectivity index (χ4n) is 8.29. The van der Waals surface area contributed by atoms with E-state index in [1.54, 1.807) is 0 Å². The number of nitrogens with one attached hydrogen (secondary N) is 1. The van der Waals surface area contributed by atoms with Crippen LogP contribution < -0.4 is 5.32 Å². The van der Waals surface area contributed by atoms with Gasteiger partial charge in [-0.3, -0.25) is 0 Å².